The first-order valence-corrected chi connectivity index (χ1v) is 5.48. The number of para-hydroxylation sites is 1. The molecule has 1 unspecified atom stereocenters. The van der Waals surface area contributed by atoms with Crippen LogP contribution in [-0.4, -0.2) is 25.2 Å². The molecule has 1 aromatic rings. The largest absolute Gasteiger partial charge is 0.463 e. The van der Waals surface area contributed by atoms with Gasteiger partial charge in [0, 0.05) is 18.3 Å². The van der Waals surface area contributed by atoms with Gasteiger partial charge in [-0.1, -0.05) is 24.3 Å². The van der Waals surface area contributed by atoms with Gasteiger partial charge in [-0.3, -0.25) is 0 Å². The number of carbonyl (C=O) groups excluding carboxylic acids is 1. The minimum absolute atomic E-state index is 0.262. The predicted molar refractivity (Wildman–Crippen MR) is 63.3 cm³/mol. The second kappa shape index (κ2) is 4.84. The lowest BCUT2D eigenvalue weighted by atomic mass is 10.3. The third kappa shape index (κ3) is 2.63. The van der Waals surface area contributed by atoms with Crippen molar-refractivity contribution in [3.05, 3.63) is 42.5 Å². The van der Waals surface area contributed by atoms with Crippen molar-refractivity contribution >= 4 is 11.7 Å². The Morgan fingerprint density at radius 1 is 1.50 bits per heavy atom. The van der Waals surface area contributed by atoms with Gasteiger partial charge in [-0.2, -0.15) is 0 Å². The maximum Gasteiger partial charge on any atom is 0.330 e. The third-order valence-electron chi connectivity index (χ3n) is 2.48. The molecule has 3 nitrogen and oxygen atoms in total. The molecule has 84 valence electrons. The van der Waals surface area contributed by atoms with E-state index in [1.165, 1.54) is 11.8 Å². The molecule has 0 radical (unpaired) electrons. The van der Waals surface area contributed by atoms with Crippen LogP contribution in [0, 0.1) is 0 Å². The normalized spacial score (nSPS) is 18.8. The van der Waals surface area contributed by atoms with Crippen LogP contribution in [0.3, 0.4) is 0 Å². The Balaban J connectivity index is 1.86. The van der Waals surface area contributed by atoms with Gasteiger partial charge in [-0.15, -0.1) is 0 Å². The Labute approximate surface area is 95.3 Å². The van der Waals surface area contributed by atoms with E-state index in [1.807, 2.05) is 24.3 Å². The summed E-state index contributed by atoms with van der Waals surface area (Å²) in [5.74, 6) is -0.262. The molecule has 1 saturated heterocycles. The fourth-order valence-corrected chi connectivity index (χ4v) is 1.62. The van der Waals surface area contributed by atoms with Crippen LogP contribution in [0.5, 0.6) is 0 Å². The van der Waals surface area contributed by atoms with E-state index < -0.39 is 0 Å². The van der Waals surface area contributed by atoms with Crippen molar-refractivity contribution in [2.45, 2.75) is 13.0 Å². The molecule has 1 aliphatic heterocycles. The maximum absolute atomic E-state index is 11.1. The van der Waals surface area contributed by atoms with E-state index in [2.05, 4.69) is 17.0 Å². The molecule has 0 aromatic heterocycles. The van der Waals surface area contributed by atoms with E-state index in [0.29, 0.717) is 12.6 Å². The number of hydrogen-bond acceptors (Lipinski definition) is 3. The zero-order valence-corrected chi connectivity index (χ0v) is 9.30. The Hall–Kier alpha value is -1.77. The first-order chi connectivity index (χ1) is 7.81. The van der Waals surface area contributed by atoms with Crippen LogP contribution in [0.2, 0.25) is 0 Å². The summed E-state index contributed by atoms with van der Waals surface area (Å²) in [6.45, 7) is 3.20. The predicted octanol–water partition coefficient (Wildman–Crippen LogP) is 1.99. The van der Waals surface area contributed by atoms with Crippen molar-refractivity contribution in [1.82, 2.24) is 0 Å². The Morgan fingerprint density at radius 2 is 2.25 bits per heavy atom. The first-order valence-electron chi connectivity index (χ1n) is 5.48. The van der Waals surface area contributed by atoms with Crippen LogP contribution in [0.4, 0.5) is 5.69 Å². The summed E-state index contributed by atoms with van der Waals surface area (Å²) in [6.07, 6.45) is 3.40. The highest BCUT2D eigenvalue weighted by molar-refractivity contribution is 5.82. The molecule has 0 bridgehead atoms. The minimum atomic E-state index is -0.262. The second-order valence-electron chi connectivity index (χ2n) is 3.67. The average molecular weight is 217 g/mol. The quantitative estimate of drug-likeness (QED) is 0.439. The minimum Gasteiger partial charge on any atom is -0.463 e. The van der Waals surface area contributed by atoms with Gasteiger partial charge in [-0.25, -0.2) is 4.79 Å². The number of nitrogens with zero attached hydrogens (tertiary/aromatic N) is 1. The second-order valence-corrected chi connectivity index (χ2v) is 3.67. The highest BCUT2D eigenvalue weighted by Gasteiger charge is 2.31. The molecule has 1 heterocycles. The van der Waals surface area contributed by atoms with Gasteiger partial charge in [0.2, 0.25) is 0 Å². The lowest BCUT2D eigenvalue weighted by Gasteiger charge is -2.01. The number of ether oxygens (including phenoxy) is 1. The van der Waals surface area contributed by atoms with Gasteiger partial charge in [0.25, 0.3) is 0 Å². The number of benzene rings is 1. The summed E-state index contributed by atoms with van der Waals surface area (Å²) in [7, 11) is 0. The zero-order valence-electron chi connectivity index (χ0n) is 9.30. The van der Waals surface area contributed by atoms with Crippen molar-refractivity contribution in [1.29, 1.82) is 0 Å². The van der Waals surface area contributed by atoms with Gasteiger partial charge < -0.3 is 9.64 Å². The molecule has 1 aliphatic rings. The number of esters is 1. The summed E-state index contributed by atoms with van der Waals surface area (Å²) < 4.78 is 4.82. The lowest BCUT2D eigenvalue weighted by molar-refractivity contribution is -0.137. The van der Waals surface area contributed by atoms with Crippen LogP contribution in [0.25, 0.3) is 0 Å². The molecule has 0 aliphatic carbocycles. The van der Waals surface area contributed by atoms with E-state index in [9.17, 15) is 4.79 Å². The Bertz CT molecular complexity index is 386. The molecule has 16 heavy (non-hydrogen) atoms. The molecule has 0 amide bonds. The molecule has 1 aromatic carbocycles. The summed E-state index contributed by atoms with van der Waals surface area (Å²) in [4.78, 5) is 13.3. The number of rotatable bonds is 4. The Morgan fingerprint density at radius 3 is 2.94 bits per heavy atom. The summed E-state index contributed by atoms with van der Waals surface area (Å²) in [5, 5.41) is 0. The van der Waals surface area contributed by atoms with E-state index in [1.54, 1.807) is 6.92 Å². The first kappa shape index (κ1) is 10.7. The van der Waals surface area contributed by atoms with Gasteiger partial charge in [0.1, 0.15) is 0 Å². The molecule has 0 spiro atoms. The Kier molecular flexibility index (Phi) is 3.25. The number of anilines is 1. The molecular formula is C13H15NO2. The summed E-state index contributed by atoms with van der Waals surface area (Å²) in [5.41, 5.74) is 1.20. The zero-order chi connectivity index (χ0) is 11.4. The van der Waals surface area contributed by atoms with E-state index in [4.69, 9.17) is 4.74 Å². The van der Waals surface area contributed by atoms with Crippen LogP contribution < -0.4 is 4.90 Å². The molecular weight excluding hydrogens is 202 g/mol. The molecule has 1 atom stereocenters. The highest BCUT2D eigenvalue weighted by atomic mass is 16.5. The van der Waals surface area contributed by atoms with Crippen LogP contribution in [0.1, 0.15) is 6.92 Å². The van der Waals surface area contributed by atoms with Crippen molar-refractivity contribution in [3.63, 3.8) is 0 Å². The van der Waals surface area contributed by atoms with Crippen molar-refractivity contribution in [2.75, 3.05) is 18.1 Å². The van der Waals surface area contributed by atoms with Gasteiger partial charge in [0.05, 0.1) is 12.6 Å². The topological polar surface area (TPSA) is 29.3 Å². The smallest absolute Gasteiger partial charge is 0.330 e. The SMILES string of the molecule is CCOC(=O)/C=C/C1CN1c1ccccc1. The van der Waals surface area contributed by atoms with E-state index >= 15 is 0 Å². The van der Waals surface area contributed by atoms with Crippen molar-refractivity contribution in [2.24, 2.45) is 0 Å². The molecule has 0 saturated carbocycles. The fraction of sp³-hybridized carbons (Fsp3) is 0.308. The molecule has 0 N–H and O–H groups in total. The van der Waals surface area contributed by atoms with E-state index in [-0.39, 0.29) is 5.97 Å². The van der Waals surface area contributed by atoms with E-state index in [0.717, 1.165) is 6.54 Å². The van der Waals surface area contributed by atoms with Gasteiger partial charge in [0.15, 0.2) is 0 Å². The molecule has 3 heteroatoms. The van der Waals surface area contributed by atoms with Crippen molar-refractivity contribution < 1.29 is 9.53 Å². The maximum atomic E-state index is 11.1. The number of carbonyl (C=O) groups is 1. The van der Waals surface area contributed by atoms with Crippen LogP contribution >= 0.6 is 0 Å². The monoisotopic (exact) mass is 217 g/mol. The third-order valence-corrected chi connectivity index (χ3v) is 2.48. The number of hydrogen-bond donors (Lipinski definition) is 0. The average Bonchev–Trinajstić information content (AvgIpc) is 3.07. The van der Waals surface area contributed by atoms with Crippen LogP contribution in [0.15, 0.2) is 42.5 Å². The molecule has 2 rings (SSSR count). The lowest BCUT2D eigenvalue weighted by Crippen LogP contribution is -2.01. The van der Waals surface area contributed by atoms with Gasteiger partial charge in [-0.05, 0) is 19.1 Å². The van der Waals surface area contributed by atoms with Crippen LogP contribution in [-0.2, 0) is 9.53 Å². The summed E-state index contributed by atoms with van der Waals surface area (Å²) >= 11 is 0. The van der Waals surface area contributed by atoms with Gasteiger partial charge >= 0.3 is 5.97 Å². The molecule has 1 fully saturated rings. The summed E-state index contributed by atoms with van der Waals surface area (Å²) in [6, 6.07) is 10.5. The highest BCUT2D eigenvalue weighted by Crippen LogP contribution is 2.27. The van der Waals surface area contributed by atoms with Crippen molar-refractivity contribution in [3.8, 4) is 0 Å². The standard InChI is InChI=1S/C13H15NO2/c1-2-16-13(15)9-8-12-10-14(12)11-6-4-3-5-7-11/h3-9,12H,2,10H2,1H3/b9-8+. The fourth-order valence-electron chi connectivity index (χ4n) is 1.62.